The van der Waals surface area contributed by atoms with E-state index in [1.165, 1.54) is 25.7 Å². The molecule has 1 aliphatic carbocycles. The van der Waals surface area contributed by atoms with Gasteiger partial charge in [-0.3, -0.25) is 0 Å². The highest BCUT2D eigenvalue weighted by atomic mass is 14.4. The normalized spacial score (nSPS) is 39.0. The highest BCUT2D eigenvalue weighted by molar-refractivity contribution is 4.89. The molecule has 3 unspecified atom stereocenters. The van der Waals surface area contributed by atoms with Crippen LogP contribution in [0.4, 0.5) is 0 Å². The van der Waals surface area contributed by atoms with E-state index < -0.39 is 0 Å². The van der Waals surface area contributed by atoms with Gasteiger partial charge in [0.15, 0.2) is 0 Å². The van der Waals surface area contributed by atoms with Gasteiger partial charge in [-0.2, -0.15) is 0 Å². The fourth-order valence-electron chi connectivity index (χ4n) is 3.06. The molecule has 1 rings (SSSR count). The zero-order chi connectivity index (χ0) is 10.1. The molecular weight excluding hydrogens is 156 g/mol. The van der Waals surface area contributed by atoms with E-state index in [4.69, 9.17) is 0 Å². The molecule has 0 spiro atoms. The van der Waals surface area contributed by atoms with Gasteiger partial charge in [0.1, 0.15) is 0 Å². The molecule has 0 saturated heterocycles. The first-order chi connectivity index (χ1) is 6.00. The van der Waals surface area contributed by atoms with Gasteiger partial charge in [0.25, 0.3) is 0 Å². The summed E-state index contributed by atoms with van der Waals surface area (Å²) in [6.07, 6.45) is 5.71. The molecule has 1 fully saturated rings. The van der Waals surface area contributed by atoms with E-state index in [9.17, 15) is 0 Å². The average molecular weight is 182 g/mol. The molecule has 0 heteroatoms. The van der Waals surface area contributed by atoms with E-state index >= 15 is 0 Å². The van der Waals surface area contributed by atoms with Crippen LogP contribution in [0.1, 0.15) is 60.3 Å². The van der Waals surface area contributed by atoms with Crippen molar-refractivity contribution in [2.75, 3.05) is 0 Å². The maximum Gasteiger partial charge on any atom is -0.0298 e. The van der Waals surface area contributed by atoms with Crippen molar-refractivity contribution >= 4 is 0 Å². The molecule has 0 radical (unpaired) electrons. The maximum absolute atomic E-state index is 2.48. The van der Waals surface area contributed by atoms with Crippen molar-refractivity contribution in [1.29, 1.82) is 0 Å². The molecule has 1 aliphatic rings. The van der Waals surface area contributed by atoms with Crippen molar-refractivity contribution in [1.82, 2.24) is 0 Å². The second-order valence-corrected chi connectivity index (χ2v) is 5.65. The van der Waals surface area contributed by atoms with Gasteiger partial charge in [-0.25, -0.2) is 0 Å². The molecule has 0 aromatic rings. The van der Waals surface area contributed by atoms with Crippen LogP contribution >= 0.6 is 0 Å². The van der Waals surface area contributed by atoms with Gasteiger partial charge in [0.2, 0.25) is 0 Å². The molecule has 3 atom stereocenters. The van der Waals surface area contributed by atoms with Crippen LogP contribution in [-0.4, -0.2) is 0 Å². The third-order valence-electron chi connectivity index (χ3n) is 4.69. The predicted octanol–water partition coefficient (Wildman–Crippen LogP) is 4.49. The van der Waals surface area contributed by atoms with Crippen LogP contribution in [0, 0.1) is 23.2 Å². The Morgan fingerprint density at radius 1 is 1.15 bits per heavy atom. The summed E-state index contributed by atoms with van der Waals surface area (Å²) < 4.78 is 0. The Labute approximate surface area is 84.1 Å². The molecule has 13 heavy (non-hydrogen) atoms. The summed E-state index contributed by atoms with van der Waals surface area (Å²) in [6, 6.07) is 0. The fourth-order valence-corrected chi connectivity index (χ4v) is 3.06. The summed E-state index contributed by atoms with van der Waals surface area (Å²) >= 11 is 0. The van der Waals surface area contributed by atoms with Gasteiger partial charge in [-0.1, -0.05) is 53.9 Å². The third kappa shape index (κ3) is 2.08. The lowest BCUT2D eigenvalue weighted by molar-refractivity contribution is 0.0252. The summed E-state index contributed by atoms with van der Waals surface area (Å²) in [5, 5.41) is 0. The lowest BCUT2D eigenvalue weighted by Gasteiger charge is -2.47. The zero-order valence-corrected chi connectivity index (χ0v) is 10.1. The smallest absolute Gasteiger partial charge is 0.0298 e. The first kappa shape index (κ1) is 11.1. The topological polar surface area (TPSA) is 0 Å². The Morgan fingerprint density at radius 3 is 2.31 bits per heavy atom. The quantitative estimate of drug-likeness (QED) is 0.590. The Kier molecular flexibility index (Phi) is 3.43. The molecule has 0 aliphatic heterocycles. The summed E-state index contributed by atoms with van der Waals surface area (Å²) in [5.41, 5.74) is 0.577. The molecular formula is C13H26. The Hall–Kier alpha value is 0. The molecule has 0 heterocycles. The summed E-state index contributed by atoms with van der Waals surface area (Å²) in [6.45, 7) is 12.2. The Balaban J connectivity index is 2.67. The lowest BCUT2D eigenvalue weighted by atomic mass is 9.58. The number of hydrogen-bond acceptors (Lipinski definition) is 0. The summed E-state index contributed by atoms with van der Waals surface area (Å²) in [4.78, 5) is 0. The molecule has 0 N–H and O–H groups in total. The van der Waals surface area contributed by atoms with E-state index in [0.29, 0.717) is 5.41 Å². The van der Waals surface area contributed by atoms with Crippen molar-refractivity contribution in [2.45, 2.75) is 60.3 Å². The van der Waals surface area contributed by atoms with Crippen LogP contribution in [0.2, 0.25) is 0 Å². The van der Waals surface area contributed by atoms with Crippen LogP contribution in [-0.2, 0) is 0 Å². The minimum absolute atomic E-state index is 0.577. The van der Waals surface area contributed by atoms with Crippen LogP contribution in [0.5, 0.6) is 0 Å². The van der Waals surface area contributed by atoms with Crippen molar-refractivity contribution in [3.05, 3.63) is 0 Å². The molecule has 0 bridgehead atoms. The third-order valence-corrected chi connectivity index (χ3v) is 4.69. The molecule has 0 aromatic carbocycles. The summed E-state index contributed by atoms with van der Waals surface area (Å²) in [7, 11) is 0. The number of rotatable bonds is 2. The highest BCUT2D eigenvalue weighted by Gasteiger charge is 2.40. The van der Waals surface area contributed by atoms with E-state index in [1.807, 2.05) is 0 Å². The van der Waals surface area contributed by atoms with Crippen LogP contribution in [0.25, 0.3) is 0 Å². The maximum atomic E-state index is 2.48. The minimum atomic E-state index is 0.577. The average Bonchev–Trinajstić information content (AvgIpc) is 2.07. The monoisotopic (exact) mass is 182 g/mol. The Bertz CT molecular complexity index is 157. The molecule has 1 saturated carbocycles. The van der Waals surface area contributed by atoms with Gasteiger partial charge in [0, 0.05) is 0 Å². The largest absolute Gasteiger partial charge is 0.0654 e. The zero-order valence-electron chi connectivity index (χ0n) is 10.1. The van der Waals surface area contributed by atoms with Gasteiger partial charge in [-0.05, 0) is 29.6 Å². The standard InChI is InChI=1S/C13H26/c1-6-7-12-9-8-10(2)11(3)13(12,4)5/h10-12H,6-9H2,1-5H3. The van der Waals surface area contributed by atoms with Gasteiger partial charge in [0.05, 0.1) is 0 Å². The number of hydrogen-bond donors (Lipinski definition) is 0. The van der Waals surface area contributed by atoms with Crippen LogP contribution < -0.4 is 0 Å². The second-order valence-electron chi connectivity index (χ2n) is 5.65. The van der Waals surface area contributed by atoms with Crippen LogP contribution in [0.3, 0.4) is 0 Å². The molecule has 0 amide bonds. The van der Waals surface area contributed by atoms with Crippen LogP contribution in [0.15, 0.2) is 0 Å². The minimum Gasteiger partial charge on any atom is -0.0654 e. The van der Waals surface area contributed by atoms with E-state index in [2.05, 4.69) is 34.6 Å². The first-order valence-electron chi connectivity index (χ1n) is 6.00. The molecule has 78 valence electrons. The fraction of sp³-hybridized carbons (Fsp3) is 1.00. The molecule has 0 aromatic heterocycles. The SMILES string of the molecule is CCCC1CCC(C)C(C)C1(C)C. The van der Waals surface area contributed by atoms with E-state index in [0.717, 1.165) is 17.8 Å². The van der Waals surface area contributed by atoms with Crippen molar-refractivity contribution in [2.24, 2.45) is 23.2 Å². The second kappa shape index (κ2) is 4.02. The van der Waals surface area contributed by atoms with Gasteiger partial charge in [-0.15, -0.1) is 0 Å². The lowest BCUT2D eigenvalue weighted by Crippen LogP contribution is -2.39. The predicted molar refractivity (Wildman–Crippen MR) is 59.7 cm³/mol. The van der Waals surface area contributed by atoms with Crippen molar-refractivity contribution < 1.29 is 0 Å². The van der Waals surface area contributed by atoms with Gasteiger partial charge >= 0.3 is 0 Å². The van der Waals surface area contributed by atoms with E-state index in [-0.39, 0.29) is 0 Å². The Morgan fingerprint density at radius 2 is 1.77 bits per heavy atom. The summed E-state index contributed by atoms with van der Waals surface area (Å²) in [5.74, 6) is 2.81. The van der Waals surface area contributed by atoms with Crippen molar-refractivity contribution in [3.63, 3.8) is 0 Å². The van der Waals surface area contributed by atoms with Gasteiger partial charge < -0.3 is 0 Å². The van der Waals surface area contributed by atoms with Crippen molar-refractivity contribution in [3.8, 4) is 0 Å². The van der Waals surface area contributed by atoms with E-state index in [1.54, 1.807) is 0 Å². The highest BCUT2D eigenvalue weighted by Crippen LogP contribution is 2.49. The molecule has 0 nitrogen and oxygen atoms in total. The first-order valence-corrected chi connectivity index (χ1v) is 6.00.